The zero-order chi connectivity index (χ0) is 9.97. The minimum absolute atomic E-state index is 0.0913. The van der Waals surface area contributed by atoms with E-state index in [2.05, 4.69) is 13.8 Å². The summed E-state index contributed by atoms with van der Waals surface area (Å²) in [5, 5.41) is 0. The fourth-order valence-electron chi connectivity index (χ4n) is 4.62. The van der Waals surface area contributed by atoms with Crippen LogP contribution in [0.1, 0.15) is 46.0 Å². The maximum Gasteiger partial charge on any atom is 0.0707 e. The molecule has 0 unspecified atom stereocenters. The summed E-state index contributed by atoms with van der Waals surface area (Å²) in [4.78, 5) is 0. The van der Waals surface area contributed by atoms with Gasteiger partial charge in [0.1, 0.15) is 0 Å². The molecular formula is C12H21NO. The van der Waals surface area contributed by atoms with Crippen molar-refractivity contribution >= 4 is 0 Å². The summed E-state index contributed by atoms with van der Waals surface area (Å²) in [7, 11) is 0. The minimum Gasteiger partial charge on any atom is -0.369 e. The lowest BCUT2D eigenvalue weighted by atomic mass is 9.55. The van der Waals surface area contributed by atoms with Gasteiger partial charge in [-0.2, -0.15) is 0 Å². The summed E-state index contributed by atoms with van der Waals surface area (Å²) >= 11 is 0. The SMILES string of the molecule is C[C@@]12C[C@H]3CCC[C@@](C)(O1)[C@H]3[C@@H](N)C2. The molecule has 2 heteroatoms. The summed E-state index contributed by atoms with van der Waals surface area (Å²) in [6.07, 6.45) is 6.26. The molecule has 4 rings (SSSR count). The third kappa shape index (κ3) is 1.04. The van der Waals surface area contributed by atoms with Crippen LogP contribution in [0.2, 0.25) is 0 Å². The number of rotatable bonds is 0. The van der Waals surface area contributed by atoms with Crippen molar-refractivity contribution < 1.29 is 4.74 Å². The Bertz CT molecular complexity index is 267. The summed E-state index contributed by atoms with van der Waals surface area (Å²) in [6.45, 7) is 4.55. The van der Waals surface area contributed by atoms with E-state index in [9.17, 15) is 0 Å². The average molecular weight is 195 g/mol. The van der Waals surface area contributed by atoms with Crippen LogP contribution in [0, 0.1) is 11.8 Å². The molecule has 0 radical (unpaired) electrons. The molecule has 4 aliphatic rings. The van der Waals surface area contributed by atoms with Crippen molar-refractivity contribution in [3.8, 4) is 0 Å². The highest BCUT2D eigenvalue weighted by atomic mass is 16.5. The molecule has 2 heterocycles. The van der Waals surface area contributed by atoms with Crippen molar-refractivity contribution in [3.63, 3.8) is 0 Å². The highest BCUT2D eigenvalue weighted by Gasteiger charge is 2.59. The van der Waals surface area contributed by atoms with Crippen LogP contribution in [0.5, 0.6) is 0 Å². The van der Waals surface area contributed by atoms with E-state index in [0.29, 0.717) is 12.0 Å². The normalized spacial score (nSPS) is 61.5. The Balaban J connectivity index is 2.02. The van der Waals surface area contributed by atoms with Gasteiger partial charge in [-0.3, -0.25) is 0 Å². The van der Waals surface area contributed by atoms with Gasteiger partial charge in [-0.1, -0.05) is 6.42 Å². The third-order valence-corrected chi connectivity index (χ3v) is 4.76. The molecule has 2 saturated heterocycles. The Hall–Kier alpha value is -0.0800. The van der Waals surface area contributed by atoms with Gasteiger partial charge >= 0.3 is 0 Å². The first-order valence-corrected chi connectivity index (χ1v) is 5.98. The van der Waals surface area contributed by atoms with Gasteiger partial charge < -0.3 is 10.5 Å². The average Bonchev–Trinajstić information content (AvgIpc) is 1.97. The van der Waals surface area contributed by atoms with Crippen LogP contribution >= 0.6 is 0 Å². The van der Waals surface area contributed by atoms with Crippen LogP contribution in [0.25, 0.3) is 0 Å². The fraction of sp³-hybridized carbons (Fsp3) is 1.00. The van der Waals surface area contributed by atoms with Gasteiger partial charge in [0.2, 0.25) is 0 Å². The van der Waals surface area contributed by atoms with Gasteiger partial charge in [0, 0.05) is 12.0 Å². The molecule has 5 atom stereocenters. The van der Waals surface area contributed by atoms with Crippen LogP contribution < -0.4 is 5.73 Å². The van der Waals surface area contributed by atoms with Gasteiger partial charge in [0.25, 0.3) is 0 Å². The topological polar surface area (TPSA) is 35.2 Å². The lowest BCUT2D eigenvalue weighted by molar-refractivity contribution is -0.279. The second-order valence-electron chi connectivity index (χ2n) is 6.11. The predicted molar refractivity (Wildman–Crippen MR) is 55.9 cm³/mol. The molecule has 2 saturated carbocycles. The first-order valence-electron chi connectivity index (χ1n) is 5.98. The standard InChI is InChI=1S/C12H21NO/c1-11-6-8-4-3-5-12(2,14-11)10(8)9(13)7-11/h8-10H,3-7,13H2,1-2H3/t8-,9+,10-,11+,12-/m1/s1. The Labute approximate surface area is 86.2 Å². The fourth-order valence-corrected chi connectivity index (χ4v) is 4.62. The number of ether oxygens (including phenoxy) is 1. The summed E-state index contributed by atoms with van der Waals surface area (Å²) in [5.74, 6) is 1.48. The molecule has 0 aromatic heterocycles. The van der Waals surface area contributed by atoms with Gasteiger partial charge in [-0.05, 0) is 45.4 Å². The molecule has 2 aliphatic carbocycles. The maximum atomic E-state index is 6.32. The minimum atomic E-state index is 0.0913. The monoisotopic (exact) mass is 195 g/mol. The molecule has 2 N–H and O–H groups in total. The van der Waals surface area contributed by atoms with Crippen LogP contribution in [-0.4, -0.2) is 17.2 Å². The largest absolute Gasteiger partial charge is 0.369 e. The smallest absolute Gasteiger partial charge is 0.0707 e. The van der Waals surface area contributed by atoms with Crippen LogP contribution in [0.4, 0.5) is 0 Å². The zero-order valence-corrected chi connectivity index (χ0v) is 9.25. The van der Waals surface area contributed by atoms with Crippen molar-refractivity contribution in [2.24, 2.45) is 17.6 Å². The lowest BCUT2D eigenvalue weighted by Gasteiger charge is -2.63. The number of hydrogen-bond donors (Lipinski definition) is 1. The molecule has 0 aromatic rings. The first kappa shape index (κ1) is 9.17. The summed E-state index contributed by atoms with van der Waals surface area (Å²) in [5.41, 5.74) is 6.50. The van der Waals surface area contributed by atoms with Crippen molar-refractivity contribution in [2.75, 3.05) is 0 Å². The molecule has 4 bridgehead atoms. The molecule has 80 valence electrons. The van der Waals surface area contributed by atoms with E-state index in [1.54, 1.807) is 0 Å². The van der Waals surface area contributed by atoms with E-state index in [-0.39, 0.29) is 11.2 Å². The Morgan fingerprint density at radius 3 is 2.71 bits per heavy atom. The molecule has 2 nitrogen and oxygen atoms in total. The van der Waals surface area contributed by atoms with E-state index < -0.39 is 0 Å². The second kappa shape index (κ2) is 2.53. The van der Waals surface area contributed by atoms with Crippen LogP contribution in [0.3, 0.4) is 0 Å². The van der Waals surface area contributed by atoms with Crippen molar-refractivity contribution in [2.45, 2.75) is 63.2 Å². The first-order chi connectivity index (χ1) is 6.53. The molecular weight excluding hydrogens is 174 g/mol. The van der Waals surface area contributed by atoms with E-state index in [1.807, 2.05) is 0 Å². The number of hydrogen-bond acceptors (Lipinski definition) is 2. The number of nitrogens with two attached hydrogens (primary N) is 1. The molecule has 0 amide bonds. The molecule has 14 heavy (non-hydrogen) atoms. The zero-order valence-electron chi connectivity index (χ0n) is 9.25. The number of fused-ring (bicyclic) bond motifs is 1. The maximum absolute atomic E-state index is 6.32. The van der Waals surface area contributed by atoms with E-state index in [4.69, 9.17) is 10.5 Å². The van der Waals surface area contributed by atoms with Gasteiger partial charge in [-0.25, -0.2) is 0 Å². The molecule has 0 aromatic carbocycles. The Kier molecular flexibility index (Phi) is 1.66. The predicted octanol–water partition coefficient (Wildman–Crippen LogP) is 2.07. The molecule has 4 fully saturated rings. The van der Waals surface area contributed by atoms with Gasteiger partial charge in [-0.15, -0.1) is 0 Å². The second-order valence-corrected chi connectivity index (χ2v) is 6.11. The highest BCUT2D eigenvalue weighted by molar-refractivity contribution is 5.10. The van der Waals surface area contributed by atoms with Crippen LogP contribution in [-0.2, 0) is 4.74 Å². The van der Waals surface area contributed by atoms with Crippen molar-refractivity contribution in [1.29, 1.82) is 0 Å². The van der Waals surface area contributed by atoms with Crippen LogP contribution in [0.15, 0.2) is 0 Å². The van der Waals surface area contributed by atoms with Crippen molar-refractivity contribution in [1.82, 2.24) is 0 Å². The lowest BCUT2D eigenvalue weighted by Crippen LogP contribution is -2.68. The molecule has 0 spiro atoms. The Morgan fingerprint density at radius 2 is 2.07 bits per heavy atom. The summed E-state index contributed by atoms with van der Waals surface area (Å²) in [6, 6.07) is 0.387. The summed E-state index contributed by atoms with van der Waals surface area (Å²) < 4.78 is 6.32. The van der Waals surface area contributed by atoms with Crippen molar-refractivity contribution in [3.05, 3.63) is 0 Å². The van der Waals surface area contributed by atoms with E-state index in [0.717, 1.165) is 12.3 Å². The van der Waals surface area contributed by atoms with Gasteiger partial charge in [0.15, 0.2) is 0 Å². The van der Waals surface area contributed by atoms with E-state index >= 15 is 0 Å². The quantitative estimate of drug-likeness (QED) is 0.642. The Morgan fingerprint density at radius 1 is 1.29 bits per heavy atom. The third-order valence-electron chi connectivity index (χ3n) is 4.76. The van der Waals surface area contributed by atoms with Gasteiger partial charge in [0.05, 0.1) is 11.2 Å². The highest BCUT2D eigenvalue weighted by Crippen LogP contribution is 2.57. The molecule has 2 aliphatic heterocycles. The van der Waals surface area contributed by atoms with E-state index in [1.165, 1.54) is 25.7 Å².